The Labute approximate surface area is 151 Å². The van der Waals surface area contributed by atoms with Crippen LogP contribution in [0.25, 0.3) is 6.08 Å². The number of methoxy groups -OCH3 is 1. The topological polar surface area (TPSA) is 65.0 Å². The van der Waals surface area contributed by atoms with Gasteiger partial charge in [-0.1, -0.05) is 12.1 Å². The third-order valence-electron chi connectivity index (χ3n) is 4.66. The summed E-state index contributed by atoms with van der Waals surface area (Å²) < 4.78 is 17.7. The van der Waals surface area contributed by atoms with Gasteiger partial charge in [0.15, 0.2) is 5.78 Å². The van der Waals surface area contributed by atoms with Crippen LogP contribution in [0.5, 0.6) is 23.0 Å². The highest BCUT2D eigenvalue weighted by Crippen LogP contribution is 2.48. The van der Waals surface area contributed by atoms with Gasteiger partial charge < -0.3 is 19.3 Å². The van der Waals surface area contributed by atoms with Crippen molar-refractivity contribution in [1.82, 2.24) is 0 Å². The number of aromatic hydroxyl groups is 1. The summed E-state index contributed by atoms with van der Waals surface area (Å²) in [6.07, 6.45) is 3.67. The van der Waals surface area contributed by atoms with Gasteiger partial charge in [-0.25, -0.2) is 0 Å². The first kappa shape index (κ1) is 16.5. The van der Waals surface area contributed by atoms with Crippen molar-refractivity contribution < 1.29 is 24.1 Å². The summed E-state index contributed by atoms with van der Waals surface area (Å²) in [6, 6.07) is 8.46. The van der Waals surface area contributed by atoms with Gasteiger partial charge in [0.25, 0.3) is 0 Å². The maximum Gasteiger partial charge on any atom is 0.174 e. The van der Waals surface area contributed by atoms with Gasteiger partial charge in [-0.05, 0) is 43.7 Å². The van der Waals surface area contributed by atoms with Crippen LogP contribution in [-0.2, 0) is 0 Å². The highest BCUT2D eigenvalue weighted by atomic mass is 16.5. The number of carbonyl (C=O) groups is 1. The Balaban J connectivity index is 1.83. The molecule has 2 aliphatic heterocycles. The fraction of sp³-hybridized carbons (Fsp3) is 0.286. The Morgan fingerprint density at radius 3 is 2.65 bits per heavy atom. The van der Waals surface area contributed by atoms with Crippen LogP contribution in [0.2, 0.25) is 0 Å². The first-order chi connectivity index (χ1) is 12.4. The highest BCUT2D eigenvalue weighted by molar-refractivity contribution is 6.04. The molecule has 0 bridgehead atoms. The molecule has 2 aromatic carbocycles. The van der Waals surface area contributed by atoms with Crippen LogP contribution in [0.3, 0.4) is 0 Å². The smallest absolute Gasteiger partial charge is 0.174 e. The molecule has 0 amide bonds. The fourth-order valence-corrected chi connectivity index (χ4v) is 3.35. The third kappa shape index (κ3) is 2.69. The summed E-state index contributed by atoms with van der Waals surface area (Å²) in [5.74, 6) is 1.71. The number of benzene rings is 2. The van der Waals surface area contributed by atoms with E-state index in [-0.39, 0.29) is 18.0 Å². The molecule has 0 fully saturated rings. The van der Waals surface area contributed by atoms with Crippen molar-refractivity contribution in [2.75, 3.05) is 7.11 Å². The zero-order chi connectivity index (χ0) is 18.5. The minimum Gasteiger partial charge on any atom is -0.508 e. The summed E-state index contributed by atoms with van der Waals surface area (Å²) in [5, 5.41) is 9.49. The van der Waals surface area contributed by atoms with Gasteiger partial charge in [0.1, 0.15) is 40.3 Å². The first-order valence-electron chi connectivity index (χ1n) is 8.50. The van der Waals surface area contributed by atoms with Gasteiger partial charge in [0, 0.05) is 6.07 Å². The highest BCUT2D eigenvalue weighted by Gasteiger charge is 2.36. The van der Waals surface area contributed by atoms with E-state index in [0.717, 1.165) is 11.1 Å². The van der Waals surface area contributed by atoms with Gasteiger partial charge in [0.05, 0.1) is 19.1 Å². The summed E-state index contributed by atoms with van der Waals surface area (Å²) in [6.45, 7) is 3.92. The summed E-state index contributed by atoms with van der Waals surface area (Å²) >= 11 is 0. The summed E-state index contributed by atoms with van der Waals surface area (Å²) in [7, 11) is 1.53. The van der Waals surface area contributed by atoms with Crippen LogP contribution >= 0.6 is 0 Å². The normalized spacial score (nSPS) is 19.8. The molecule has 1 atom stereocenters. The molecule has 0 spiro atoms. The van der Waals surface area contributed by atoms with Crippen LogP contribution in [-0.4, -0.2) is 23.6 Å². The zero-order valence-corrected chi connectivity index (χ0v) is 14.9. The predicted molar refractivity (Wildman–Crippen MR) is 97.2 cm³/mol. The Morgan fingerprint density at radius 1 is 1.23 bits per heavy atom. The molecule has 0 radical (unpaired) electrons. The molecule has 26 heavy (non-hydrogen) atoms. The molecule has 1 unspecified atom stereocenters. The number of rotatable bonds is 2. The molecule has 0 aliphatic carbocycles. The largest absolute Gasteiger partial charge is 0.508 e. The lowest BCUT2D eigenvalue weighted by molar-refractivity contribution is 0.0840. The number of carbonyl (C=O) groups excluding carboxylic acids is 1. The second kappa shape index (κ2) is 5.80. The first-order valence-corrected chi connectivity index (χ1v) is 8.50. The molecule has 2 heterocycles. The number of Topliss-reactive ketones (excluding diaryl/α,β-unsaturated/α-hetero) is 1. The van der Waals surface area contributed by atoms with E-state index in [1.165, 1.54) is 7.11 Å². The maximum absolute atomic E-state index is 12.9. The number of hydrogen-bond donors (Lipinski definition) is 1. The van der Waals surface area contributed by atoms with E-state index < -0.39 is 11.7 Å². The van der Waals surface area contributed by atoms with Crippen LogP contribution in [0.4, 0.5) is 0 Å². The number of phenols is 1. The number of fused-ring (bicyclic) bond motifs is 3. The molecule has 2 aromatic rings. The van der Waals surface area contributed by atoms with E-state index in [4.69, 9.17) is 14.2 Å². The lowest BCUT2D eigenvalue weighted by Gasteiger charge is -2.33. The number of ether oxygens (including phenoxy) is 3. The van der Waals surface area contributed by atoms with Crippen LogP contribution in [0, 0.1) is 0 Å². The van der Waals surface area contributed by atoms with Gasteiger partial charge in [-0.15, -0.1) is 0 Å². The minimum atomic E-state index is -0.443. The predicted octanol–water partition coefficient (Wildman–Crippen LogP) is 4.29. The van der Waals surface area contributed by atoms with Crippen molar-refractivity contribution >= 4 is 11.9 Å². The van der Waals surface area contributed by atoms with Crippen LogP contribution in [0.15, 0.2) is 36.4 Å². The van der Waals surface area contributed by atoms with Crippen molar-refractivity contribution in [1.29, 1.82) is 0 Å². The minimum absolute atomic E-state index is 0.0396. The van der Waals surface area contributed by atoms with Gasteiger partial charge in [-0.2, -0.15) is 0 Å². The summed E-state index contributed by atoms with van der Waals surface area (Å²) in [5.41, 5.74) is 1.59. The van der Waals surface area contributed by atoms with Crippen molar-refractivity contribution in [2.45, 2.75) is 32.0 Å². The van der Waals surface area contributed by atoms with Crippen LogP contribution < -0.4 is 14.2 Å². The summed E-state index contributed by atoms with van der Waals surface area (Å²) in [4.78, 5) is 12.9. The van der Waals surface area contributed by atoms with Gasteiger partial charge in [-0.3, -0.25) is 4.79 Å². The zero-order valence-electron chi connectivity index (χ0n) is 14.9. The molecule has 0 saturated carbocycles. The van der Waals surface area contributed by atoms with Crippen molar-refractivity contribution in [2.24, 2.45) is 0 Å². The molecule has 2 aliphatic rings. The molecule has 1 N–H and O–H groups in total. The molecular formula is C21H20O5. The van der Waals surface area contributed by atoms with Crippen LogP contribution in [0.1, 0.15) is 47.9 Å². The number of phenolic OH excluding ortho intramolecular Hbond substituents is 1. The second-order valence-electron chi connectivity index (χ2n) is 7.06. The quantitative estimate of drug-likeness (QED) is 0.873. The number of hydrogen-bond acceptors (Lipinski definition) is 5. The van der Waals surface area contributed by atoms with E-state index in [0.29, 0.717) is 22.8 Å². The van der Waals surface area contributed by atoms with Gasteiger partial charge >= 0.3 is 0 Å². The molecular weight excluding hydrogens is 332 g/mol. The monoisotopic (exact) mass is 352 g/mol. The number of ketones is 1. The SMILES string of the molecule is COc1cc2c(c3c1C(=O)CC(c1ccc(O)cc1)O3)C=CC(C)(C)O2. The molecule has 0 saturated heterocycles. The van der Waals surface area contributed by atoms with Crippen molar-refractivity contribution in [3.05, 3.63) is 53.1 Å². The second-order valence-corrected chi connectivity index (χ2v) is 7.06. The molecule has 4 rings (SSSR count). The average molecular weight is 352 g/mol. The van der Waals surface area contributed by atoms with Crippen molar-refractivity contribution in [3.8, 4) is 23.0 Å². The van der Waals surface area contributed by atoms with E-state index in [9.17, 15) is 9.90 Å². The van der Waals surface area contributed by atoms with E-state index in [2.05, 4.69) is 0 Å². The maximum atomic E-state index is 12.9. The third-order valence-corrected chi connectivity index (χ3v) is 4.66. The average Bonchev–Trinajstić information content (AvgIpc) is 2.60. The van der Waals surface area contributed by atoms with E-state index >= 15 is 0 Å². The molecule has 0 aromatic heterocycles. The van der Waals surface area contributed by atoms with E-state index in [1.807, 2.05) is 26.0 Å². The Kier molecular flexibility index (Phi) is 3.68. The van der Waals surface area contributed by atoms with Gasteiger partial charge in [0.2, 0.25) is 0 Å². The molecule has 134 valence electrons. The lowest BCUT2D eigenvalue weighted by Crippen LogP contribution is -2.29. The van der Waals surface area contributed by atoms with Crippen molar-refractivity contribution in [3.63, 3.8) is 0 Å². The standard InChI is InChI=1S/C21H20O5/c1-21(2)9-8-14-17(26-21)11-18(24-3)19-15(23)10-16(25-20(14)19)12-4-6-13(22)7-5-12/h4-9,11,16,22H,10H2,1-3H3. The Bertz CT molecular complexity index is 909. The van der Waals surface area contributed by atoms with E-state index in [1.54, 1.807) is 30.3 Å². The molecule has 5 heteroatoms. The molecule has 5 nitrogen and oxygen atoms in total. The fourth-order valence-electron chi connectivity index (χ4n) is 3.35. The Morgan fingerprint density at radius 2 is 1.96 bits per heavy atom. The lowest BCUT2D eigenvalue weighted by atomic mass is 9.91. The Hall–Kier alpha value is -2.95.